The summed E-state index contributed by atoms with van der Waals surface area (Å²) in [5.74, 6) is -2.16. The van der Waals surface area contributed by atoms with Crippen LogP contribution in [0.3, 0.4) is 0 Å². The molecule has 2 aliphatic rings. The summed E-state index contributed by atoms with van der Waals surface area (Å²) < 4.78 is 0. The van der Waals surface area contributed by atoms with E-state index in [9.17, 15) is 14.7 Å². The Kier molecular flexibility index (Phi) is 2.04. The van der Waals surface area contributed by atoms with Crippen LogP contribution in [0.5, 0.6) is 0 Å². The lowest BCUT2D eigenvalue weighted by Gasteiger charge is -2.27. The molecule has 2 unspecified atom stereocenters. The number of fused-ring (bicyclic) bond motifs is 1. The van der Waals surface area contributed by atoms with Crippen molar-refractivity contribution in [2.45, 2.75) is 0 Å². The second-order valence-electron chi connectivity index (χ2n) is 3.24. The van der Waals surface area contributed by atoms with Crippen LogP contribution in [0.25, 0.3) is 0 Å². The van der Waals surface area contributed by atoms with Crippen molar-refractivity contribution in [3.05, 3.63) is 35.1 Å². The van der Waals surface area contributed by atoms with Gasteiger partial charge in [0, 0.05) is 5.03 Å². The first-order valence-electron chi connectivity index (χ1n) is 4.13. The molecule has 2 aliphatic carbocycles. The van der Waals surface area contributed by atoms with Crippen molar-refractivity contribution < 1.29 is 14.7 Å². The number of rotatable bonds is 0. The van der Waals surface area contributed by atoms with Crippen molar-refractivity contribution >= 4 is 23.2 Å². The average molecular weight is 211 g/mol. The summed E-state index contributed by atoms with van der Waals surface area (Å²) in [6, 6.07) is 0. The van der Waals surface area contributed by atoms with E-state index < -0.39 is 11.8 Å². The molecule has 0 saturated carbocycles. The summed E-state index contributed by atoms with van der Waals surface area (Å²) in [6.07, 6.45) is 5.19. The summed E-state index contributed by atoms with van der Waals surface area (Å²) in [4.78, 5) is 22.8. The summed E-state index contributed by atoms with van der Waals surface area (Å²) in [5, 5.41) is 9.76. The minimum absolute atomic E-state index is 0.0953. The predicted molar refractivity (Wildman–Crippen MR) is 50.8 cm³/mol. The molecule has 4 heteroatoms. The monoisotopic (exact) mass is 210 g/mol. The second-order valence-corrected chi connectivity index (χ2v) is 3.67. The number of ketones is 2. The van der Waals surface area contributed by atoms with Gasteiger partial charge >= 0.3 is 0 Å². The van der Waals surface area contributed by atoms with Gasteiger partial charge < -0.3 is 5.11 Å². The van der Waals surface area contributed by atoms with Gasteiger partial charge in [-0.25, -0.2) is 0 Å². The quantitative estimate of drug-likeness (QED) is 0.659. The van der Waals surface area contributed by atoms with Gasteiger partial charge in [0.1, 0.15) is 5.76 Å². The molecule has 72 valence electrons. The molecule has 0 fully saturated rings. The van der Waals surface area contributed by atoms with Crippen molar-refractivity contribution in [1.82, 2.24) is 0 Å². The fourth-order valence-electron chi connectivity index (χ4n) is 1.68. The molecule has 0 amide bonds. The summed E-state index contributed by atoms with van der Waals surface area (Å²) >= 11 is 5.81. The zero-order valence-electron chi connectivity index (χ0n) is 7.11. The fraction of sp³-hybridized carbons (Fsp3) is 0.200. The Morgan fingerprint density at radius 3 is 2.21 bits per heavy atom. The van der Waals surface area contributed by atoms with Gasteiger partial charge in [-0.3, -0.25) is 9.59 Å². The molecule has 0 bridgehead atoms. The van der Waals surface area contributed by atoms with Gasteiger partial charge in [0.2, 0.25) is 0 Å². The first-order valence-corrected chi connectivity index (χ1v) is 4.51. The average Bonchev–Trinajstić information content (AvgIpc) is 2.16. The maximum absolute atomic E-state index is 11.4. The minimum Gasteiger partial charge on any atom is -0.512 e. The molecule has 0 heterocycles. The molecule has 2 rings (SSSR count). The lowest BCUT2D eigenvalue weighted by atomic mass is 9.77. The first kappa shape index (κ1) is 9.21. The van der Waals surface area contributed by atoms with Crippen LogP contribution in [0.2, 0.25) is 0 Å². The van der Waals surface area contributed by atoms with Crippen molar-refractivity contribution in [2.24, 2.45) is 11.8 Å². The molecule has 2 atom stereocenters. The van der Waals surface area contributed by atoms with Crippen LogP contribution in [0.15, 0.2) is 35.1 Å². The zero-order valence-corrected chi connectivity index (χ0v) is 7.86. The van der Waals surface area contributed by atoms with Gasteiger partial charge in [-0.1, -0.05) is 11.6 Å². The zero-order chi connectivity index (χ0) is 10.3. The van der Waals surface area contributed by atoms with E-state index in [0.717, 1.165) is 0 Å². The van der Waals surface area contributed by atoms with Gasteiger partial charge in [0.25, 0.3) is 0 Å². The van der Waals surface area contributed by atoms with E-state index in [0.29, 0.717) is 5.03 Å². The maximum Gasteiger partial charge on any atom is 0.167 e. The van der Waals surface area contributed by atoms with Crippen molar-refractivity contribution in [2.75, 3.05) is 0 Å². The largest absolute Gasteiger partial charge is 0.512 e. The lowest BCUT2D eigenvalue weighted by Crippen LogP contribution is -2.35. The Balaban J connectivity index is 2.52. The van der Waals surface area contributed by atoms with Crippen molar-refractivity contribution in [1.29, 1.82) is 0 Å². The highest BCUT2D eigenvalue weighted by Crippen LogP contribution is 2.36. The maximum atomic E-state index is 11.4. The highest BCUT2D eigenvalue weighted by Gasteiger charge is 2.40. The van der Waals surface area contributed by atoms with Gasteiger partial charge in [-0.05, 0) is 24.3 Å². The van der Waals surface area contributed by atoms with Crippen molar-refractivity contribution in [3.63, 3.8) is 0 Å². The van der Waals surface area contributed by atoms with Gasteiger partial charge in [0.15, 0.2) is 11.6 Å². The standard InChI is InChI=1S/C10H7ClO3/c11-5-1-2-7(13)10-8(14)4-3-6(12)9(5)10/h1-4,9-10,13H. The molecule has 0 saturated heterocycles. The Labute approximate surface area is 85.4 Å². The molecular weight excluding hydrogens is 204 g/mol. The molecule has 1 N–H and O–H groups in total. The number of carbonyl (C=O) groups excluding carboxylic acids is 2. The minimum atomic E-state index is -0.815. The Hall–Kier alpha value is -1.35. The molecule has 0 aromatic rings. The molecule has 0 spiro atoms. The van der Waals surface area contributed by atoms with E-state index in [4.69, 9.17) is 11.6 Å². The second kappa shape index (κ2) is 3.10. The SMILES string of the molecule is O=C1C=CC(=O)C2C(Cl)=CC=C(O)C12. The summed E-state index contributed by atoms with van der Waals surface area (Å²) in [6.45, 7) is 0. The summed E-state index contributed by atoms with van der Waals surface area (Å²) in [7, 11) is 0. The lowest BCUT2D eigenvalue weighted by molar-refractivity contribution is -0.127. The van der Waals surface area contributed by atoms with Crippen LogP contribution in [-0.4, -0.2) is 16.7 Å². The normalized spacial score (nSPS) is 30.9. The van der Waals surface area contributed by atoms with E-state index in [1.165, 1.54) is 24.3 Å². The van der Waals surface area contributed by atoms with Gasteiger partial charge in [0.05, 0.1) is 11.8 Å². The fourth-order valence-corrected chi connectivity index (χ4v) is 1.98. The van der Waals surface area contributed by atoms with Crippen LogP contribution in [-0.2, 0) is 9.59 Å². The number of hydrogen-bond acceptors (Lipinski definition) is 3. The molecule has 0 radical (unpaired) electrons. The molecular formula is C10H7ClO3. The van der Waals surface area contributed by atoms with E-state index >= 15 is 0 Å². The van der Waals surface area contributed by atoms with Crippen LogP contribution in [0, 0.1) is 11.8 Å². The smallest absolute Gasteiger partial charge is 0.167 e. The highest BCUT2D eigenvalue weighted by molar-refractivity contribution is 6.33. The van der Waals surface area contributed by atoms with E-state index in [1.807, 2.05) is 0 Å². The van der Waals surface area contributed by atoms with Crippen LogP contribution in [0.1, 0.15) is 0 Å². The van der Waals surface area contributed by atoms with E-state index in [1.54, 1.807) is 0 Å². The number of carbonyl (C=O) groups is 2. The Morgan fingerprint density at radius 2 is 1.64 bits per heavy atom. The summed E-state index contributed by atoms with van der Waals surface area (Å²) in [5.41, 5.74) is 0. The van der Waals surface area contributed by atoms with Crippen LogP contribution in [0.4, 0.5) is 0 Å². The molecule has 3 nitrogen and oxygen atoms in total. The Morgan fingerprint density at radius 1 is 1.07 bits per heavy atom. The Bertz CT molecular complexity index is 366. The topological polar surface area (TPSA) is 54.4 Å². The van der Waals surface area contributed by atoms with E-state index in [2.05, 4.69) is 0 Å². The van der Waals surface area contributed by atoms with Gasteiger partial charge in [-0.2, -0.15) is 0 Å². The third kappa shape index (κ3) is 1.21. The van der Waals surface area contributed by atoms with Crippen molar-refractivity contribution in [3.8, 4) is 0 Å². The number of aliphatic hydroxyl groups is 1. The number of halogens is 1. The predicted octanol–water partition coefficient (Wildman–Crippen LogP) is 1.51. The number of allylic oxidation sites excluding steroid dienone is 6. The van der Waals surface area contributed by atoms with E-state index in [-0.39, 0.29) is 17.3 Å². The van der Waals surface area contributed by atoms with Gasteiger partial charge in [-0.15, -0.1) is 0 Å². The molecule has 14 heavy (non-hydrogen) atoms. The molecule has 0 aliphatic heterocycles. The number of hydrogen-bond donors (Lipinski definition) is 1. The molecule has 0 aromatic carbocycles. The molecule has 0 aromatic heterocycles. The highest BCUT2D eigenvalue weighted by atomic mass is 35.5. The number of aliphatic hydroxyl groups excluding tert-OH is 1. The third-order valence-electron chi connectivity index (χ3n) is 2.39. The first-order chi connectivity index (χ1) is 6.61. The third-order valence-corrected chi connectivity index (χ3v) is 2.75. The van der Waals surface area contributed by atoms with Crippen LogP contribution >= 0.6 is 11.6 Å². The van der Waals surface area contributed by atoms with Crippen LogP contribution < -0.4 is 0 Å².